The monoisotopic (exact) mass is 262 g/mol. The van der Waals surface area contributed by atoms with E-state index in [0.717, 1.165) is 16.9 Å². The van der Waals surface area contributed by atoms with Crippen LogP contribution < -0.4 is 10.5 Å². The van der Waals surface area contributed by atoms with Crippen molar-refractivity contribution in [2.45, 2.75) is 12.1 Å². The van der Waals surface area contributed by atoms with Crippen molar-refractivity contribution in [3.8, 4) is 17.1 Å². The lowest BCUT2D eigenvalue weighted by Gasteiger charge is -2.07. The molecular formula is C12H14N4OS. The Hall–Kier alpha value is -1.82. The average Bonchev–Trinajstić information content (AvgIpc) is 2.38. The molecule has 2 rings (SSSR count). The third kappa shape index (κ3) is 2.53. The van der Waals surface area contributed by atoms with Gasteiger partial charge < -0.3 is 10.5 Å². The maximum Gasteiger partial charge on any atom is 0.224 e. The predicted molar refractivity (Wildman–Crippen MR) is 72.7 cm³/mol. The van der Waals surface area contributed by atoms with Gasteiger partial charge in [-0.25, -0.2) is 4.98 Å². The number of methoxy groups -OCH3 is 1. The van der Waals surface area contributed by atoms with E-state index in [9.17, 15) is 0 Å². The fourth-order valence-corrected chi connectivity index (χ4v) is 1.91. The summed E-state index contributed by atoms with van der Waals surface area (Å²) >= 11 is 1.43. The fourth-order valence-electron chi connectivity index (χ4n) is 1.55. The molecule has 1 aromatic carbocycles. The van der Waals surface area contributed by atoms with E-state index in [1.54, 1.807) is 7.11 Å². The van der Waals surface area contributed by atoms with E-state index in [4.69, 9.17) is 10.5 Å². The van der Waals surface area contributed by atoms with Crippen molar-refractivity contribution in [1.82, 2.24) is 15.0 Å². The van der Waals surface area contributed by atoms with Crippen LogP contribution in [0.4, 0.5) is 5.95 Å². The summed E-state index contributed by atoms with van der Waals surface area (Å²) < 4.78 is 5.29. The predicted octanol–water partition coefficient (Wildman–Crippen LogP) is 2.16. The van der Waals surface area contributed by atoms with Crippen LogP contribution in [0.2, 0.25) is 0 Å². The fraction of sp³-hybridized carbons (Fsp3) is 0.250. The zero-order valence-corrected chi connectivity index (χ0v) is 11.3. The van der Waals surface area contributed by atoms with Gasteiger partial charge in [-0.15, -0.1) is 0 Å². The molecule has 2 N–H and O–H groups in total. The van der Waals surface area contributed by atoms with Crippen LogP contribution >= 0.6 is 11.8 Å². The quantitative estimate of drug-likeness (QED) is 0.854. The maximum atomic E-state index is 5.67. The number of aryl methyl sites for hydroxylation is 1. The highest BCUT2D eigenvalue weighted by molar-refractivity contribution is 7.98. The zero-order valence-electron chi connectivity index (χ0n) is 10.5. The SMILES string of the molecule is COc1cc(-c2nc(N)nc(SC)n2)ccc1C. The lowest BCUT2D eigenvalue weighted by atomic mass is 10.1. The highest BCUT2D eigenvalue weighted by Gasteiger charge is 2.08. The molecule has 0 unspecified atom stereocenters. The van der Waals surface area contributed by atoms with Crippen LogP contribution in [0.3, 0.4) is 0 Å². The Morgan fingerprint density at radius 2 is 2.00 bits per heavy atom. The van der Waals surface area contributed by atoms with E-state index in [1.165, 1.54) is 11.8 Å². The normalized spacial score (nSPS) is 10.4. The molecular weight excluding hydrogens is 248 g/mol. The molecule has 2 aromatic rings. The van der Waals surface area contributed by atoms with Gasteiger partial charge in [-0.05, 0) is 24.8 Å². The van der Waals surface area contributed by atoms with Crippen LogP contribution in [0, 0.1) is 6.92 Å². The molecule has 0 aliphatic heterocycles. The number of anilines is 1. The topological polar surface area (TPSA) is 73.9 Å². The largest absolute Gasteiger partial charge is 0.496 e. The van der Waals surface area contributed by atoms with Gasteiger partial charge in [-0.1, -0.05) is 23.9 Å². The molecule has 0 radical (unpaired) electrons. The number of nitrogens with two attached hydrogens (primary N) is 1. The van der Waals surface area contributed by atoms with Crippen LogP contribution in [0.15, 0.2) is 23.4 Å². The number of aromatic nitrogens is 3. The van der Waals surface area contributed by atoms with Gasteiger partial charge in [-0.2, -0.15) is 9.97 Å². The summed E-state index contributed by atoms with van der Waals surface area (Å²) in [4.78, 5) is 12.5. The van der Waals surface area contributed by atoms with E-state index in [0.29, 0.717) is 11.0 Å². The first-order valence-electron chi connectivity index (χ1n) is 5.34. The molecule has 0 spiro atoms. The standard InChI is InChI=1S/C12H14N4OS/c1-7-4-5-8(6-9(7)17-2)10-14-11(13)16-12(15-10)18-3/h4-6H,1-3H3,(H2,13,14,15,16). The van der Waals surface area contributed by atoms with Crippen LogP contribution in [-0.2, 0) is 0 Å². The first kappa shape index (κ1) is 12.6. The van der Waals surface area contributed by atoms with Gasteiger partial charge in [0.1, 0.15) is 5.75 Å². The van der Waals surface area contributed by atoms with Crippen LogP contribution in [0.5, 0.6) is 5.75 Å². The molecule has 0 saturated carbocycles. The third-order valence-corrected chi connectivity index (χ3v) is 3.03. The molecule has 0 amide bonds. The van der Waals surface area contributed by atoms with Crippen LogP contribution in [-0.4, -0.2) is 28.3 Å². The molecule has 94 valence electrons. The molecule has 0 saturated heterocycles. The van der Waals surface area contributed by atoms with Gasteiger partial charge in [0.25, 0.3) is 0 Å². The molecule has 0 aliphatic rings. The van der Waals surface area contributed by atoms with E-state index in [1.807, 2.05) is 31.4 Å². The molecule has 0 atom stereocenters. The number of rotatable bonds is 3. The number of thioether (sulfide) groups is 1. The first-order valence-corrected chi connectivity index (χ1v) is 6.57. The van der Waals surface area contributed by atoms with E-state index < -0.39 is 0 Å². The van der Waals surface area contributed by atoms with Gasteiger partial charge in [0.15, 0.2) is 11.0 Å². The number of ether oxygens (including phenoxy) is 1. The van der Waals surface area contributed by atoms with Crippen molar-refractivity contribution in [3.63, 3.8) is 0 Å². The Morgan fingerprint density at radius 3 is 2.67 bits per heavy atom. The van der Waals surface area contributed by atoms with Gasteiger partial charge in [0, 0.05) is 5.56 Å². The van der Waals surface area contributed by atoms with E-state index in [-0.39, 0.29) is 5.95 Å². The molecule has 0 fully saturated rings. The smallest absolute Gasteiger partial charge is 0.224 e. The second-order valence-corrected chi connectivity index (χ2v) is 4.46. The second-order valence-electron chi connectivity index (χ2n) is 3.69. The maximum absolute atomic E-state index is 5.67. The highest BCUT2D eigenvalue weighted by Crippen LogP contribution is 2.25. The lowest BCUT2D eigenvalue weighted by molar-refractivity contribution is 0.412. The number of nitrogens with zero attached hydrogens (tertiary/aromatic N) is 3. The highest BCUT2D eigenvalue weighted by atomic mass is 32.2. The number of hydrogen-bond acceptors (Lipinski definition) is 6. The molecule has 0 bridgehead atoms. The molecule has 1 heterocycles. The molecule has 18 heavy (non-hydrogen) atoms. The first-order chi connectivity index (χ1) is 8.63. The number of nitrogen functional groups attached to an aromatic ring is 1. The van der Waals surface area contributed by atoms with Gasteiger partial charge in [0.05, 0.1) is 7.11 Å². The number of benzene rings is 1. The van der Waals surface area contributed by atoms with Gasteiger partial charge in [0.2, 0.25) is 5.95 Å². The summed E-state index contributed by atoms with van der Waals surface area (Å²) in [5.41, 5.74) is 7.59. The summed E-state index contributed by atoms with van der Waals surface area (Å²) in [6.07, 6.45) is 1.90. The van der Waals surface area contributed by atoms with Crippen molar-refractivity contribution in [1.29, 1.82) is 0 Å². The second kappa shape index (κ2) is 5.22. The van der Waals surface area contributed by atoms with Gasteiger partial charge >= 0.3 is 0 Å². The van der Waals surface area contributed by atoms with Crippen molar-refractivity contribution < 1.29 is 4.74 Å². The Balaban J connectivity index is 2.51. The Bertz CT molecular complexity index is 574. The average molecular weight is 262 g/mol. The minimum Gasteiger partial charge on any atom is -0.496 e. The molecule has 6 heteroatoms. The zero-order chi connectivity index (χ0) is 13.1. The minimum absolute atomic E-state index is 0.226. The van der Waals surface area contributed by atoms with Crippen molar-refractivity contribution in [3.05, 3.63) is 23.8 Å². The number of hydrogen-bond donors (Lipinski definition) is 1. The van der Waals surface area contributed by atoms with Crippen LogP contribution in [0.25, 0.3) is 11.4 Å². The van der Waals surface area contributed by atoms with Crippen LogP contribution in [0.1, 0.15) is 5.56 Å². The lowest BCUT2D eigenvalue weighted by Crippen LogP contribution is -2.01. The molecule has 1 aromatic heterocycles. The summed E-state index contributed by atoms with van der Waals surface area (Å²) in [5, 5.41) is 0.608. The summed E-state index contributed by atoms with van der Waals surface area (Å²) in [7, 11) is 1.64. The van der Waals surface area contributed by atoms with E-state index >= 15 is 0 Å². The molecule has 0 aliphatic carbocycles. The van der Waals surface area contributed by atoms with Crippen molar-refractivity contribution in [2.75, 3.05) is 19.1 Å². The Morgan fingerprint density at radius 1 is 1.22 bits per heavy atom. The van der Waals surface area contributed by atoms with Crippen molar-refractivity contribution >= 4 is 17.7 Å². The van der Waals surface area contributed by atoms with Crippen molar-refractivity contribution in [2.24, 2.45) is 0 Å². The summed E-state index contributed by atoms with van der Waals surface area (Å²) in [6, 6.07) is 5.80. The summed E-state index contributed by atoms with van der Waals surface area (Å²) in [5.74, 6) is 1.59. The van der Waals surface area contributed by atoms with E-state index in [2.05, 4.69) is 15.0 Å². The third-order valence-electron chi connectivity index (χ3n) is 2.48. The van der Waals surface area contributed by atoms with Gasteiger partial charge in [-0.3, -0.25) is 0 Å². The molecule has 5 nitrogen and oxygen atoms in total. The Kier molecular flexibility index (Phi) is 3.66. The Labute approximate surface area is 110 Å². The summed E-state index contributed by atoms with van der Waals surface area (Å²) in [6.45, 7) is 1.98. The minimum atomic E-state index is 0.226.